The second kappa shape index (κ2) is 10.0. The molecule has 1 aliphatic rings. The highest BCUT2D eigenvalue weighted by Gasteiger charge is 2.43. The Morgan fingerprint density at radius 3 is 2.53 bits per heavy atom. The van der Waals surface area contributed by atoms with Crippen LogP contribution < -0.4 is 5.32 Å². The van der Waals surface area contributed by atoms with Crippen LogP contribution in [0.25, 0.3) is 0 Å². The molecule has 0 spiro atoms. The van der Waals surface area contributed by atoms with E-state index in [1.165, 1.54) is 4.90 Å². The zero-order chi connectivity index (χ0) is 23.4. The van der Waals surface area contributed by atoms with E-state index in [2.05, 4.69) is 16.4 Å². The molecule has 2 heterocycles. The molecular weight excluding hydrogens is 406 g/mol. The molecule has 1 aliphatic heterocycles. The minimum absolute atomic E-state index is 0.0633. The van der Waals surface area contributed by atoms with E-state index in [-0.39, 0.29) is 36.6 Å². The maximum Gasteiger partial charge on any atom is 0.243 e. The minimum atomic E-state index is -0.752. The molecule has 2 amide bonds. The molecular formula is C25H31N3O4. The van der Waals surface area contributed by atoms with Gasteiger partial charge in [0.25, 0.3) is 0 Å². The van der Waals surface area contributed by atoms with Gasteiger partial charge in [-0.05, 0) is 29.5 Å². The number of hydrogen-bond donors (Lipinski definition) is 2. The van der Waals surface area contributed by atoms with Crippen LogP contribution in [-0.4, -0.2) is 45.7 Å². The van der Waals surface area contributed by atoms with Crippen LogP contribution in [0.5, 0.6) is 0 Å². The SMILES string of the molecule is C#Cc1ccc(CNC(=O)[C@@H]2C[C@@H](O)CN2C(=O)C(c2cc(C(C)C)no2)C(C)C)cc1. The van der Waals surface area contributed by atoms with Gasteiger partial charge in [0.05, 0.1) is 11.8 Å². The monoisotopic (exact) mass is 437 g/mol. The fourth-order valence-corrected chi connectivity index (χ4v) is 3.97. The van der Waals surface area contributed by atoms with E-state index in [0.29, 0.717) is 12.3 Å². The van der Waals surface area contributed by atoms with Crippen LogP contribution in [0.4, 0.5) is 0 Å². The molecule has 2 aromatic rings. The molecule has 1 saturated heterocycles. The number of β-amino-alcohol motifs (C(OH)–C–C–N with tert-alkyl or cyclic N) is 1. The van der Waals surface area contributed by atoms with Crippen molar-refractivity contribution in [3.63, 3.8) is 0 Å². The molecule has 0 radical (unpaired) electrons. The molecule has 1 aromatic heterocycles. The van der Waals surface area contributed by atoms with Crippen molar-refractivity contribution in [2.45, 2.75) is 64.6 Å². The van der Waals surface area contributed by atoms with E-state index in [1.54, 1.807) is 0 Å². The number of hydrogen-bond acceptors (Lipinski definition) is 5. The summed E-state index contributed by atoms with van der Waals surface area (Å²) in [6.07, 6.45) is 4.82. The lowest BCUT2D eigenvalue weighted by atomic mass is 9.90. The summed E-state index contributed by atoms with van der Waals surface area (Å²) >= 11 is 0. The maximum absolute atomic E-state index is 13.5. The van der Waals surface area contributed by atoms with Crippen LogP contribution in [0.2, 0.25) is 0 Å². The van der Waals surface area contributed by atoms with Gasteiger partial charge < -0.3 is 19.8 Å². The molecule has 3 atom stereocenters. The van der Waals surface area contributed by atoms with Crippen molar-refractivity contribution in [3.05, 3.63) is 52.9 Å². The average molecular weight is 438 g/mol. The Balaban J connectivity index is 1.74. The Hall–Kier alpha value is -3.11. The minimum Gasteiger partial charge on any atom is -0.391 e. The molecule has 32 heavy (non-hydrogen) atoms. The van der Waals surface area contributed by atoms with Gasteiger partial charge in [0.2, 0.25) is 11.8 Å². The molecule has 0 bridgehead atoms. The number of nitrogens with one attached hydrogen (secondary N) is 1. The number of carbonyl (C=O) groups excluding carboxylic acids is 2. The van der Waals surface area contributed by atoms with Gasteiger partial charge in [0.15, 0.2) is 0 Å². The van der Waals surface area contributed by atoms with Crippen molar-refractivity contribution >= 4 is 11.8 Å². The van der Waals surface area contributed by atoms with Crippen LogP contribution in [0.1, 0.15) is 68.5 Å². The Labute approximate surface area is 189 Å². The van der Waals surface area contributed by atoms with Gasteiger partial charge in [-0.1, -0.05) is 50.9 Å². The summed E-state index contributed by atoms with van der Waals surface area (Å²) in [5.41, 5.74) is 2.45. The van der Waals surface area contributed by atoms with Crippen molar-refractivity contribution in [2.24, 2.45) is 5.92 Å². The van der Waals surface area contributed by atoms with Crippen LogP contribution in [0, 0.1) is 18.3 Å². The van der Waals surface area contributed by atoms with Crippen molar-refractivity contribution in [2.75, 3.05) is 6.54 Å². The number of rotatable bonds is 7. The van der Waals surface area contributed by atoms with E-state index in [9.17, 15) is 14.7 Å². The number of aliphatic hydroxyl groups is 1. The van der Waals surface area contributed by atoms with Gasteiger partial charge >= 0.3 is 0 Å². The normalized spacial score (nSPS) is 19.2. The third-order valence-corrected chi connectivity index (χ3v) is 5.83. The first-order valence-corrected chi connectivity index (χ1v) is 11.0. The molecule has 3 rings (SSSR count). The molecule has 1 unspecified atom stereocenters. The van der Waals surface area contributed by atoms with Gasteiger partial charge in [-0.3, -0.25) is 9.59 Å². The first-order chi connectivity index (χ1) is 15.2. The standard InChI is InChI=1S/C25H31N3O4/c1-6-17-7-9-18(10-8-17)13-26-24(30)21-11-19(29)14-28(21)25(31)23(16(4)5)22-12-20(15(2)3)27-32-22/h1,7-10,12,15-16,19,21,23,29H,11,13-14H2,2-5H3,(H,26,30)/t19-,21+,23?/m1/s1. The summed E-state index contributed by atoms with van der Waals surface area (Å²) in [7, 11) is 0. The fourth-order valence-electron chi connectivity index (χ4n) is 3.97. The van der Waals surface area contributed by atoms with Crippen LogP contribution in [0.15, 0.2) is 34.9 Å². The highest BCUT2D eigenvalue weighted by atomic mass is 16.5. The third kappa shape index (κ3) is 5.20. The lowest BCUT2D eigenvalue weighted by Crippen LogP contribution is -2.48. The number of amides is 2. The predicted octanol–water partition coefficient (Wildman–Crippen LogP) is 2.80. The summed E-state index contributed by atoms with van der Waals surface area (Å²) in [6.45, 7) is 8.30. The average Bonchev–Trinajstić information content (AvgIpc) is 3.39. The van der Waals surface area contributed by atoms with Gasteiger partial charge in [-0.15, -0.1) is 6.42 Å². The van der Waals surface area contributed by atoms with Crippen molar-refractivity contribution in [3.8, 4) is 12.3 Å². The third-order valence-electron chi connectivity index (χ3n) is 5.83. The molecule has 7 heteroatoms. The summed E-state index contributed by atoms with van der Waals surface area (Å²) in [5, 5.41) is 17.2. The van der Waals surface area contributed by atoms with Crippen LogP contribution in [-0.2, 0) is 16.1 Å². The molecule has 170 valence electrons. The summed E-state index contributed by atoms with van der Waals surface area (Å²) in [4.78, 5) is 27.9. The van der Waals surface area contributed by atoms with Crippen LogP contribution >= 0.6 is 0 Å². The highest BCUT2D eigenvalue weighted by Crippen LogP contribution is 2.32. The second-order valence-corrected chi connectivity index (χ2v) is 8.99. The van der Waals surface area contributed by atoms with Crippen molar-refractivity contribution < 1.29 is 19.2 Å². The van der Waals surface area contributed by atoms with E-state index in [1.807, 2.05) is 58.0 Å². The Kier molecular flexibility index (Phi) is 7.37. The molecule has 7 nitrogen and oxygen atoms in total. The zero-order valence-electron chi connectivity index (χ0n) is 19.0. The fraction of sp³-hybridized carbons (Fsp3) is 0.480. The summed E-state index contributed by atoms with van der Waals surface area (Å²) in [6, 6.07) is 8.41. The summed E-state index contributed by atoms with van der Waals surface area (Å²) < 4.78 is 5.50. The molecule has 1 aromatic carbocycles. The number of benzene rings is 1. The number of terminal acetylenes is 1. The van der Waals surface area contributed by atoms with E-state index in [4.69, 9.17) is 10.9 Å². The molecule has 2 N–H and O–H groups in total. The lowest BCUT2D eigenvalue weighted by molar-refractivity contribution is -0.141. The predicted molar refractivity (Wildman–Crippen MR) is 121 cm³/mol. The number of aromatic nitrogens is 1. The van der Waals surface area contributed by atoms with Crippen molar-refractivity contribution in [1.29, 1.82) is 0 Å². The number of aliphatic hydroxyl groups excluding tert-OH is 1. The summed E-state index contributed by atoms with van der Waals surface area (Å²) in [5.74, 6) is 2.06. The Morgan fingerprint density at radius 2 is 1.97 bits per heavy atom. The highest BCUT2D eigenvalue weighted by molar-refractivity contribution is 5.91. The van der Waals surface area contributed by atoms with E-state index >= 15 is 0 Å². The second-order valence-electron chi connectivity index (χ2n) is 8.99. The van der Waals surface area contributed by atoms with E-state index in [0.717, 1.165) is 16.8 Å². The van der Waals surface area contributed by atoms with Gasteiger partial charge in [-0.2, -0.15) is 0 Å². The lowest BCUT2D eigenvalue weighted by Gasteiger charge is -2.28. The van der Waals surface area contributed by atoms with Gasteiger partial charge in [0, 0.05) is 31.1 Å². The van der Waals surface area contributed by atoms with Gasteiger partial charge in [-0.25, -0.2) is 0 Å². The van der Waals surface area contributed by atoms with Crippen molar-refractivity contribution in [1.82, 2.24) is 15.4 Å². The first-order valence-electron chi connectivity index (χ1n) is 11.0. The molecule has 1 fully saturated rings. The smallest absolute Gasteiger partial charge is 0.243 e. The topological polar surface area (TPSA) is 95.7 Å². The number of nitrogens with zero attached hydrogens (tertiary/aromatic N) is 2. The number of likely N-dealkylation sites (tertiary alicyclic amines) is 1. The zero-order valence-corrected chi connectivity index (χ0v) is 19.0. The maximum atomic E-state index is 13.5. The molecule has 0 aliphatic carbocycles. The molecule has 0 saturated carbocycles. The van der Waals surface area contributed by atoms with E-state index < -0.39 is 18.1 Å². The number of carbonyl (C=O) groups is 2. The quantitative estimate of drug-likeness (QED) is 0.650. The largest absolute Gasteiger partial charge is 0.391 e. The van der Waals surface area contributed by atoms with Crippen LogP contribution in [0.3, 0.4) is 0 Å². The van der Waals surface area contributed by atoms with Gasteiger partial charge in [0.1, 0.15) is 17.7 Å². The Morgan fingerprint density at radius 1 is 1.28 bits per heavy atom. The first kappa shape index (κ1) is 23.6. The Bertz CT molecular complexity index is 987.